The van der Waals surface area contributed by atoms with E-state index < -0.39 is 0 Å². The van der Waals surface area contributed by atoms with Crippen molar-refractivity contribution >= 4 is 18.3 Å². The Morgan fingerprint density at radius 1 is 1.50 bits per heavy atom. The van der Waals surface area contributed by atoms with Crippen molar-refractivity contribution in [3.05, 3.63) is 17.5 Å². The van der Waals surface area contributed by atoms with Gasteiger partial charge in [0, 0.05) is 19.2 Å². The zero-order valence-electron chi connectivity index (χ0n) is 10.8. The largest absolute Gasteiger partial charge is 0.361 e. The average molecular weight is 274 g/mol. The van der Waals surface area contributed by atoms with E-state index in [2.05, 4.69) is 10.5 Å². The first kappa shape index (κ1) is 15.0. The number of amides is 1. The van der Waals surface area contributed by atoms with Crippen LogP contribution in [0.4, 0.5) is 0 Å². The average Bonchev–Trinajstić information content (AvgIpc) is 2.60. The zero-order valence-corrected chi connectivity index (χ0v) is 11.6. The molecule has 1 saturated heterocycles. The quantitative estimate of drug-likeness (QED) is 0.890. The molecule has 5 nitrogen and oxygen atoms in total. The summed E-state index contributed by atoms with van der Waals surface area (Å²) < 4.78 is 4.94. The Bertz CT molecular complexity index is 386. The predicted molar refractivity (Wildman–Crippen MR) is 71.1 cm³/mol. The van der Waals surface area contributed by atoms with Gasteiger partial charge < -0.3 is 14.7 Å². The van der Waals surface area contributed by atoms with Crippen LogP contribution >= 0.6 is 12.4 Å². The van der Waals surface area contributed by atoms with E-state index in [9.17, 15) is 4.79 Å². The third kappa shape index (κ3) is 3.46. The van der Waals surface area contributed by atoms with Crippen molar-refractivity contribution in [3.8, 4) is 0 Å². The lowest BCUT2D eigenvalue weighted by molar-refractivity contribution is 0.0710. The second kappa shape index (κ2) is 6.75. The number of hydrogen-bond acceptors (Lipinski definition) is 4. The molecule has 0 aromatic carbocycles. The van der Waals surface area contributed by atoms with Crippen molar-refractivity contribution in [2.75, 3.05) is 20.1 Å². The topological polar surface area (TPSA) is 58.4 Å². The van der Waals surface area contributed by atoms with Gasteiger partial charge in [-0.3, -0.25) is 4.79 Å². The standard InChI is InChI=1S/C12H19N3O2.ClH/c1-9-8-11(14-17-9)12(16)15(2)10-4-3-6-13-7-5-10;/h8,10,13H,3-7H2,1-2H3;1H. The molecule has 2 rings (SSSR count). The minimum atomic E-state index is -0.0475. The smallest absolute Gasteiger partial charge is 0.276 e. The number of carbonyl (C=O) groups is 1. The summed E-state index contributed by atoms with van der Waals surface area (Å²) in [6.45, 7) is 3.81. The lowest BCUT2D eigenvalue weighted by atomic mass is 10.1. The molecule has 0 bridgehead atoms. The molecule has 0 radical (unpaired) electrons. The van der Waals surface area contributed by atoms with Gasteiger partial charge in [0.2, 0.25) is 0 Å². The molecule has 1 aromatic rings. The number of nitrogens with zero attached hydrogens (tertiary/aromatic N) is 2. The molecule has 2 heterocycles. The molecular weight excluding hydrogens is 254 g/mol. The van der Waals surface area contributed by atoms with Crippen LogP contribution in [0.15, 0.2) is 10.6 Å². The maximum atomic E-state index is 12.2. The van der Waals surface area contributed by atoms with Crippen molar-refractivity contribution < 1.29 is 9.32 Å². The lowest BCUT2D eigenvalue weighted by Crippen LogP contribution is -2.37. The maximum Gasteiger partial charge on any atom is 0.276 e. The van der Waals surface area contributed by atoms with Gasteiger partial charge in [0.15, 0.2) is 5.69 Å². The summed E-state index contributed by atoms with van der Waals surface area (Å²) in [7, 11) is 1.85. The molecule has 1 aliphatic rings. The Balaban J connectivity index is 0.00000162. The van der Waals surface area contributed by atoms with E-state index in [4.69, 9.17) is 4.52 Å². The fourth-order valence-electron chi connectivity index (χ4n) is 2.20. The number of nitrogens with one attached hydrogen (secondary N) is 1. The molecule has 18 heavy (non-hydrogen) atoms. The SMILES string of the molecule is Cc1cc(C(=O)N(C)C2CCCNCC2)no1.Cl. The number of aromatic nitrogens is 1. The van der Waals surface area contributed by atoms with Crippen LogP contribution in [0.2, 0.25) is 0 Å². The fourth-order valence-corrected chi connectivity index (χ4v) is 2.20. The highest BCUT2D eigenvalue weighted by molar-refractivity contribution is 5.92. The summed E-state index contributed by atoms with van der Waals surface area (Å²) in [6, 6.07) is 1.99. The van der Waals surface area contributed by atoms with Crippen LogP contribution in [0.3, 0.4) is 0 Å². The van der Waals surface area contributed by atoms with Crippen LogP contribution in [0, 0.1) is 6.92 Å². The minimum Gasteiger partial charge on any atom is -0.361 e. The molecule has 1 N–H and O–H groups in total. The van der Waals surface area contributed by atoms with Crippen LogP contribution in [0.25, 0.3) is 0 Å². The molecule has 1 unspecified atom stereocenters. The third-order valence-electron chi connectivity index (χ3n) is 3.26. The van der Waals surface area contributed by atoms with E-state index in [1.807, 2.05) is 7.05 Å². The van der Waals surface area contributed by atoms with E-state index in [1.165, 1.54) is 0 Å². The van der Waals surface area contributed by atoms with Gasteiger partial charge in [-0.15, -0.1) is 12.4 Å². The monoisotopic (exact) mass is 273 g/mol. The van der Waals surface area contributed by atoms with Gasteiger partial charge in [-0.1, -0.05) is 5.16 Å². The summed E-state index contributed by atoms with van der Waals surface area (Å²) in [5.41, 5.74) is 0.405. The number of rotatable bonds is 2. The molecule has 1 amide bonds. The summed E-state index contributed by atoms with van der Waals surface area (Å²) in [4.78, 5) is 13.9. The van der Waals surface area contributed by atoms with Crippen molar-refractivity contribution in [2.45, 2.75) is 32.2 Å². The van der Waals surface area contributed by atoms with E-state index in [0.29, 0.717) is 17.5 Å². The highest BCUT2D eigenvalue weighted by Gasteiger charge is 2.23. The van der Waals surface area contributed by atoms with Crippen LogP contribution in [0.1, 0.15) is 35.5 Å². The van der Waals surface area contributed by atoms with Gasteiger partial charge in [-0.05, 0) is 39.3 Å². The Morgan fingerprint density at radius 2 is 2.28 bits per heavy atom. The zero-order chi connectivity index (χ0) is 12.3. The van der Waals surface area contributed by atoms with Crippen LogP contribution in [-0.4, -0.2) is 42.1 Å². The van der Waals surface area contributed by atoms with Crippen LogP contribution in [-0.2, 0) is 0 Å². The summed E-state index contributed by atoms with van der Waals surface area (Å²) in [5.74, 6) is 0.623. The van der Waals surface area contributed by atoms with Crippen molar-refractivity contribution in [1.82, 2.24) is 15.4 Å². The second-order valence-corrected chi connectivity index (χ2v) is 4.57. The van der Waals surface area contributed by atoms with Gasteiger partial charge in [0.25, 0.3) is 5.91 Å². The number of halogens is 1. The number of aryl methyl sites for hydroxylation is 1. The molecule has 0 saturated carbocycles. The van der Waals surface area contributed by atoms with Gasteiger partial charge in [0.1, 0.15) is 5.76 Å². The molecule has 1 fully saturated rings. The summed E-state index contributed by atoms with van der Waals surface area (Å²) >= 11 is 0. The summed E-state index contributed by atoms with van der Waals surface area (Å²) in [5, 5.41) is 7.12. The van der Waals surface area contributed by atoms with Gasteiger partial charge in [0.05, 0.1) is 0 Å². The van der Waals surface area contributed by atoms with E-state index in [1.54, 1.807) is 17.9 Å². The van der Waals surface area contributed by atoms with Crippen molar-refractivity contribution in [1.29, 1.82) is 0 Å². The minimum absolute atomic E-state index is 0. The normalized spacial score (nSPS) is 19.8. The first-order chi connectivity index (χ1) is 8.18. The highest BCUT2D eigenvalue weighted by Crippen LogP contribution is 2.15. The van der Waals surface area contributed by atoms with E-state index in [-0.39, 0.29) is 18.3 Å². The molecule has 6 heteroatoms. The molecule has 0 spiro atoms. The Morgan fingerprint density at radius 3 is 2.94 bits per heavy atom. The number of carbonyl (C=O) groups excluding carboxylic acids is 1. The fraction of sp³-hybridized carbons (Fsp3) is 0.667. The first-order valence-electron chi connectivity index (χ1n) is 6.09. The molecule has 1 aromatic heterocycles. The molecular formula is C12H20ClN3O2. The summed E-state index contributed by atoms with van der Waals surface area (Å²) in [6.07, 6.45) is 3.16. The van der Waals surface area contributed by atoms with Gasteiger partial charge >= 0.3 is 0 Å². The van der Waals surface area contributed by atoms with Gasteiger partial charge in [-0.25, -0.2) is 0 Å². The van der Waals surface area contributed by atoms with Crippen LogP contribution in [0.5, 0.6) is 0 Å². The Kier molecular flexibility index (Phi) is 5.62. The number of hydrogen-bond donors (Lipinski definition) is 1. The Labute approximate surface area is 113 Å². The predicted octanol–water partition coefficient (Wildman–Crippen LogP) is 1.62. The third-order valence-corrected chi connectivity index (χ3v) is 3.26. The highest BCUT2D eigenvalue weighted by atomic mass is 35.5. The molecule has 0 aliphatic carbocycles. The molecule has 102 valence electrons. The second-order valence-electron chi connectivity index (χ2n) is 4.57. The lowest BCUT2D eigenvalue weighted by Gasteiger charge is -2.26. The van der Waals surface area contributed by atoms with Crippen LogP contribution < -0.4 is 5.32 Å². The molecule has 1 aliphatic heterocycles. The molecule has 1 atom stereocenters. The first-order valence-corrected chi connectivity index (χ1v) is 6.09. The van der Waals surface area contributed by atoms with E-state index in [0.717, 1.165) is 32.4 Å². The van der Waals surface area contributed by atoms with Gasteiger partial charge in [-0.2, -0.15) is 0 Å². The Hall–Kier alpha value is -1.07. The maximum absolute atomic E-state index is 12.2. The van der Waals surface area contributed by atoms with Crippen molar-refractivity contribution in [2.24, 2.45) is 0 Å². The van der Waals surface area contributed by atoms with E-state index >= 15 is 0 Å². The van der Waals surface area contributed by atoms with Crippen molar-refractivity contribution in [3.63, 3.8) is 0 Å².